The van der Waals surface area contributed by atoms with Gasteiger partial charge in [0.25, 0.3) is 0 Å². The molecule has 5 rings (SSSR count). The zero-order valence-electron chi connectivity index (χ0n) is 19.6. The third kappa shape index (κ3) is 3.98. The molecule has 0 spiro atoms. The van der Waals surface area contributed by atoms with Crippen LogP contribution in [0.1, 0.15) is 24.6 Å². The number of hydrogen-bond donors (Lipinski definition) is 0. The van der Waals surface area contributed by atoms with Crippen molar-refractivity contribution in [2.24, 2.45) is 5.41 Å². The molecule has 1 aliphatic heterocycles. The molecule has 1 saturated heterocycles. The molecule has 2 aliphatic rings. The maximum absolute atomic E-state index is 14.0. The predicted octanol–water partition coefficient (Wildman–Crippen LogP) is 5.30. The Labute approximate surface area is 208 Å². The number of esters is 1. The van der Waals surface area contributed by atoms with Gasteiger partial charge in [0.05, 0.1) is 24.7 Å². The Kier molecular flexibility index (Phi) is 6.34. The van der Waals surface area contributed by atoms with Gasteiger partial charge in [0.15, 0.2) is 17.5 Å². The first-order chi connectivity index (χ1) is 17.3. The van der Waals surface area contributed by atoms with Gasteiger partial charge >= 0.3 is 5.97 Å². The van der Waals surface area contributed by atoms with Crippen LogP contribution in [0.2, 0.25) is 0 Å². The molecule has 0 saturated carbocycles. The van der Waals surface area contributed by atoms with Gasteiger partial charge in [-0.3, -0.25) is 9.10 Å². The smallest absolute Gasteiger partial charge is 0.317 e. The third-order valence-corrected chi connectivity index (χ3v) is 8.76. The number of carbonyl (C=O) groups is 1. The van der Waals surface area contributed by atoms with E-state index < -0.39 is 39.5 Å². The summed E-state index contributed by atoms with van der Waals surface area (Å²) in [5.41, 5.74) is 2.20. The van der Waals surface area contributed by atoms with Crippen molar-refractivity contribution in [3.05, 3.63) is 82.7 Å². The monoisotopic (exact) mass is 517 g/mol. The number of ether oxygens (including phenoxy) is 1. The molecular formula is C26H23F4N3O2S. The number of piperidine rings is 1. The summed E-state index contributed by atoms with van der Waals surface area (Å²) in [4.78, 5) is 13.6. The van der Waals surface area contributed by atoms with Crippen LogP contribution in [-0.4, -0.2) is 45.6 Å². The van der Waals surface area contributed by atoms with Gasteiger partial charge in [-0.25, -0.2) is 22.2 Å². The van der Waals surface area contributed by atoms with Crippen molar-refractivity contribution >= 4 is 28.1 Å². The normalized spacial score (nSPS) is 20.4. The zero-order valence-corrected chi connectivity index (χ0v) is 20.4. The minimum atomic E-state index is -1.51. The summed E-state index contributed by atoms with van der Waals surface area (Å²) in [5, 5.41) is 6.28. The second kappa shape index (κ2) is 9.33. The molecule has 36 heavy (non-hydrogen) atoms. The Morgan fingerprint density at radius 3 is 2.47 bits per heavy atom. The quantitative estimate of drug-likeness (QED) is 0.204. The molecule has 188 valence electrons. The molecule has 2 atom stereocenters. The lowest BCUT2D eigenvalue weighted by Crippen LogP contribution is -2.50. The van der Waals surface area contributed by atoms with Crippen molar-refractivity contribution in [2.45, 2.75) is 24.7 Å². The molecule has 0 bridgehead atoms. The van der Waals surface area contributed by atoms with Gasteiger partial charge in [0.1, 0.15) is 11.2 Å². The van der Waals surface area contributed by atoms with E-state index in [0.29, 0.717) is 30.0 Å². The molecule has 1 aliphatic carbocycles. The van der Waals surface area contributed by atoms with E-state index in [1.165, 1.54) is 19.2 Å². The van der Waals surface area contributed by atoms with Gasteiger partial charge < -0.3 is 4.74 Å². The summed E-state index contributed by atoms with van der Waals surface area (Å²) >= 11 is 0. The first-order valence-corrected chi connectivity index (χ1v) is 12.6. The Morgan fingerprint density at radius 2 is 1.83 bits per heavy atom. The summed E-state index contributed by atoms with van der Waals surface area (Å²) in [7, 11) is 0.451. The fourth-order valence-corrected chi connectivity index (χ4v) is 6.99. The number of aromatic nitrogens is 2. The topological polar surface area (TPSA) is 47.4 Å². The van der Waals surface area contributed by atoms with E-state index in [4.69, 9.17) is 4.74 Å². The molecule has 1 aromatic heterocycles. The summed E-state index contributed by atoms with van der Waals surface area (Å²) in [6.07, 6.45) is 4.46. The van der Waals surface area contributed by atoms with Crippen LogP contribution in [0.4, 0.5) is 17.6 Å². The number of nitrogens with zero attached hydrogens (tertiary/aromatic N) is 3. The van der Waals surface area contributed by atoms with Crippen LogP contribution >= 0.6 is 10.7 Å². The molecule has 0 radical (unpaired) electrons. The van der Waals surface area contributed by atoms with Crippen LogP contribution in [0, 0.1) is 28.7 Å². The van der Waals surface area contributed by atoms with Gasteiger partial charge in [0.2, 0.25) is 0 Å². The highest BCUT2D eigenvalue weighted by Crippen LogP contribution is 2.48. The largest absolute Gasteiger partial charge is 0.468 e. The van der Waals surface area contributed by atoms with Crippen LogP contribution in [0.5, 0.6) is 0 Å². The molecule has 5 nitrogen and oxygen atoms in total. The molecule has 1 unspecified atom stereocenters. The fourth-order valence-electron chi connectivity index (χ4n) is 5.02. The first kappa shape index (κ1) is 24.5. The van der Waals surface area contributed by atoms with Gasteiger partial charge in [-0.2, -0.15) is 5.10 Å². The van der Waals surface area contributed by atoms with Crippen molar-refractivity contribution < 1.29 is 27.1 Å². The van der Waals surface area contributed by atoms with Crippen molar-refractivity contribution in [3.8, 4) is 5.69 Å². The molecule has 10 heteroatoms. The van der Waals surface area contributed by atoms with Crippen LogP contribution in [-0.2, 0) is 16.0 Å². The second-order valence-electron chi connectivity index (χ2n) is 8.73. The molecule has 3 aromatic rings. The van der Waals surface area contributed by atoms with Crippen molar-refractivity contribution in [3.63, 3.8) is 0 Å². The number of methoxy groups -OCH3 is 1. The lowest BCUT2D eigenvalue weighted by molar-refractivity contribution is -0.151. The number of rotatable bonds is 4. The van der Waals surface area contributed by atoms with E-state index >= 15 is 0 Å². The summed E-state index contributed by atoms with van der Waals surface area (Å²) in [6.45, 7) is 2.53. The summed E-state index contributed by atoms with van der Waals surface area (Å²) in [6, 6.07) is 8.00. The van der Waals surface area contributed by atoms with Crippen LogP contribution in [0.3, 0.4) is 0 Å². The summed E-state index contributed by atoms with van der Waals surface area (Å²) in [5.74, 6) is -4.76. The Hall–Kier alpha value is -3.24. The first-order valence-electron chi connectivity index (χ1n) is 11.3. The minimum absolute atomic E-state index is 0.251. The zero-order chi connectivity index (χ0) is 25.6. The predicted molar refractivity (Wildman–Crippen MR) is 130 cm³/mol. The number of hydrogen-bond acceptors (Lipinski definition) is 4. The average Bonchev–Trinajstić information content (AvgIpc) is 3.28. The van der Waals surface area contributed by atoms with Crippen LogP contribution in [0.15, 0.2) is 53.1 Å². The SMILES string of the molecule is C/C=S(\c1cc(F)c(F)c(F)c1)N1CCC2=Cc3c(cnn3-c3ccc(F)cc3)C[C@]2(C(=O)OC)C1. The van der Waals surface area contributed by atoms with Crippen LogP contribution in [0.25, 0.3) is 11.8 Å². The van der Waals surface area contributed by atoms with E-state index in [0.717, 1.165) is 29.0 Å². The third-order valence-electron chi connectivity index (χ3n) is 6.73. The Bertz CT molecular complexity index is 1390. The van der Waals surface area contributed by atoms with Crippen molar-refractivity contribution in [1.82, 2.24) is 14.1 Å². The fraction of sp³-hybridized carbons (Fsp3) is 0.269. The van der Waals surface area contributed by atoms with Crippen molar-refractivity contribution in [2.75, 3.05) is 20.2 Å². The molecule has 1 fully saturated rings. The standard InChI is InChI=1S/C26H23F4N3O2S/c1-3-36(20-11-21(28)24(30)22(29)12-20)32-9-8-17-10-23-16(13-26(17,15-32)25(34)35-2)14-31-33(23)19-6-4-18(27)5-7-19/h3-7,10-12,14H,8-9,13,15H2,1-2H3/t26-,36?/m0/s1. The van der Waals surface area contributed by atoms with Gasteiger partial charge in [-0.15, -0.1) is 0 Å². The van der Waals surface area contributed by atoms with E-state index in [-0.39, 0.29) is 12.4 Å². The molecule has 0 N–H and O–H groups in total. The van der Waals surface area contributed by atoms with E-state index in [1.807, 2.05) is 10.4 Å². The highest BCUT2D eigenvalue weighted by Gasteiger charge is 2.50. The molecule has 2 aromatic carbocycles. The van der Waals surface area contributed by atoms with Gasteiger partial charge in [-0.1, -0.05) is 10.7 Å². The molecule has 2 heterocycles. The maximum atomic E-state index is 14.0. The highest BCUT2D eigenvalue weighted by molar-refractivity contribution is 8.13. The summed E-state index contributed by atoms with van der Waals surface area (Å²) < 4.78 is 63.9. The number of fused-ring (bicyclic) bond motifs is 2. The highest BCUT2D eigenvalue weighted by atomic mass is 32.2. The van der Waals surface area contributed by atoms with E-state index in [2.05, 4.69) is 5.10 Å². The van der Waals surface area contributed by atoms with Crippen molar-refractivity contribution in [1.29, 1.82) is 0 Å². The number of benzene rings is 2. The van der Waals surface area contributed by atoms with Gasteiger partial charge in [0, 0.05) is 18.0 Å². The Morgan fingerprint density at radius 1 is 1.14 bits per heavy atom. The number of carbonyl (C=O) groups excluding carboxylic acids is 1. The Balaban J connectivity index is 1.53. The number of halogens is 4. The average molecular weight is 518 g/mol. The minimum Gasteiger partial charge on any atom is -0.468 e. The molecule has 0 amide bonds. The lowest BCUT2D eigenvalue weighted by atomic mass is 9.69. The molecular weight excluding hydrogens is 494 g/mol. The van der Waals surface area contributed by atoms with Gasteiger partial charge in [-0.05, 0) is 78.7 Å². The maximum Gasteiger partial charge on any atom is 0.317 e. The van der Waals surface area contributed by atoms with E-state index in [1.54, 1.807) is 35.3 Å². The lowest BCUT2D eigenvalue weighted by Gasteiger charge is -2.45. The van der Waals surface area contributed by atoms with Crippen LogP contribution < -0.4 is 0 Å². The van der Waals surface area contributed by atoms with E-state index in [9.17, 15) is 22.4 Å². The second-order valence-corrected chi connectivity index (χ2v) is 10.8.